The zero-order chi connectivity index (χ0) is 30.7. The largest absolute Gasteiger partial charge is 0.352 e. The van der Waals surface area contributed by atoms with Gasteiger partial charge in [0.25, 0.3) is 10.0 Å². The predicted molar refractivity (Wildman–Crippen MR) is 174 cm³/mol. The Morgan fingerprint density at radius 1 is 0.909 bits per heavy atom. The first-order valence-electron chi connectivity index (χ1n) is 15.2. The third-order valence-electron chi connectivity index (χ3n) is 8.65. The van der Waals surface area contributed by atoms with E-state index in [1.54, 1.807) is 23.1 Å². The molecule has 0 saturated heterocycles. The van der Waals surface area contributed by atoms with Gasteiger partial charge in [0.2, 0.25) is 11.8 Å². The fraction of sp³-hybridized carbons (Fsp3) is 0.314. The van der Waals surface area contributed by atoms with Gasteiger partial charge in [-0.25, -0.2) is 8.42 Å². The zero-order valence-electron chi connectivity index (χ0n) is 24.5. The summed E-state index contributed by atoms with van der Waals surface area (Å²) in [6, 6.07) is 27.3. The number of nitrogens with one attached hydrogen (secondary N) is 1. The topological polar surface area (TPSA) is 86.8 Å². The average molecular weight is 630 g/mol. The van der Waals surface area contributed by atoms with E-state index in [2.05, 4.69) is 5.32 Å². The van der Waals surface area contributed by atoms with Crippen LogP contribution in [0.15, 0.2) is 95.9 Å². The highest BCUT2D eigenvalue weighted by Gasteiger charge is 2.36. The van der Waals surface area contributed by atoms with Crippen molar-refractivity contribution in [3.05, 3.63) is 107 Å². The second-order valence-corrected chi connectivity index (χ2v) is 13.9. The smallest absolute Gasteiger partial charge is 0.265 e. The van der Waals surface area contributed by atoms with Gasteiger partial charge < -0.3 is 10.2 Å². The number of amides is 2. The minimum absolute atomic E-state index is 0.0842. The SMILES string of the molecule is O=C(NC1CCCC1)C(Cc1ccccc1)N(Cc1cccc(Cl)c1)C(=O)CCCN1c2cccc3cccc(c23)S1(=O)=O. The van der Waals surface area contributed by atoms with Crippen LogP contribution in [0.4, 0.5) is 5.69 Å². The number of hydrogen-bond donors (Lipinski definition) is 1. The summed E-state index contributed by atoms with van der Waals surface area (Å²) in [5.41, 5.74) is 2.41. The van der Waals surface area contributed by atoms with Crippen molar-refractivity contribution in [2.24, 2.45) is 0 Å². The lowest BCUT2D eigenvalue weighted by molar-refractivity contribution is -0.141. The quantitative estimate of drug-likeness (QED) is 0.206. The molecule has 0 aromatic heterocycles. The Hall–Kier alpha value is -3.88. The van der Waals surface area contributed by atoms with Gasteiger partial charge in [-0.05, 0) is 60.0 Å². The van der Waals surface area contributed by atoms with Crippen LogP contribution in [0.5, 0.6) is 0 Å². The summed E-state index contributed by atoms with van der Waals surface area (Å²) < 4.78 is 28.4. The number of benzene rings is 4. The van der Waals surface area contributed by atoms with Crippen molar-refractivity contribution in [3.8, 4) is 0 Å². The molecule has 4 aromatic carbocycles. The number of halogens is 1. The van der Waals surface area contributed by atoms with E-state index in [0.29, 0.717) is 28.4 Å². The average Bonchev–Trinajstić information content (AvgIpc) is 3.61. The van der Waals surface area contributed by atoms with Gasteiger partial charge >= 0.3 is 0 Å². The van der Waals surface area contributed by atoms with Gasteiger partial charge in [-0.15, -0.1) is 0 Å². The van der Waals surface area contributed by atoms with E-state index in [0.717, 1.165) is 47.6 Å². The second-order valence-electron chi connectivity index (χ2n) is 11.7. The highest BCUT2D eigenvalue weighted by Crippen LogP contribution is 2.42. The molecule has 2 aliphatic rings. The lowest BCUT2D eigenvalue weighted by Crippen LogP contribution is -2.52. The number of rotatable bonds is 11. The number of hydrogen-bond acceptors (Lipinski definition) is 4. The van der Waals surface area contributed by atoms with Crippen LogP contribution >= 0.6 is 11.6 Å². The van der Waals surface area contributed by atoms with Crippen molar-refractivity contribution in [1.29, 1.82) is 0 Å². The lowest BCUT2D eigenvalue weighted by atomic mass is 10.0. The van der Waals surface area contributed by atoms with Crippen LogP contribution in [-0.2, 0) is 32.6 Å². The van der Waals surface area contributed by atoms with E-state index in [1.807, 2.05) is 72.8 Å². The number of anilines is 1. The minimum Gasteiger partial charge on any atom is -0.352 e. The van der Waals surface area contributed by atoms with Crippen molar-refractivity contribution in [3.63, 3.8) is 0 Å². The maximum absolute atomic E-state index is 14.1. The van der Waals surface area contributed by atoms with Gasteiger partial charge in [0.05, 0.1) is 10.6 Å². The Morgan fingerprint density at radius 2 is 1.61 bits per heavy atom. The molecular weight excluding hydrogens is 594 g/mol. The van der Waals surface area contributed by atoms with Gasteiger partial charge in [0, 0.05) is 42.4 Å². The third-order valence-corrected chi connectivity index (χ3v) is 10.7. The van der Waals surface area contributed by atoms with Crippen LogP contribution < -0.4 is 9.62 Å². The summed E-state index contributed by atoms with van der Waals surface area (Å²) in [5, 5.41) is 5.36. The molecular formula is C35H36ClN3O4S. The maximum atomic E-state index is 14.1. The van der Waals surface area contributed by atoms with E-state index in [9.17, 15) is 18.0 Å². The lowest BCUT2D eigenvalue weighted by Gasteiger charge is -2.32. The van der Waals surface area contributed by atoms with E-state index < -0.39 is 16.1 Å². The molecule has 7 nitrogen and oxygen atoms in total. The van der Waals surface area contributed by atoms with Crippen molar-refractivity contribution < 1.29 is 18.0 Å². The molecule has 44 heavy (non-hydrogen) atoms. The Labute approximate surface area is 263 Å². The molecule has 0 spiro atoms. The Balaban J connectivity index is 1.25. The van der Waals surface area contributed by atoms with Gasteiger partial charge in [-0.1, -0.05) is 91.2 Å². The van der Waals surface area contributed by atoms with Crippen molar-refractivity contribution >= 4 is 49.9 Å². The second kappa shape index (κ2) is 13.0. The van der Waals surface area contributed by atoms with Crippen LogP contribution in [0.25, 0.3) is 10.8 Å². The molecule has 1 fully saturated rings. The van der Waals surface area contributed by atoms with Gasteiger partial charge in [-0.2, -0.15) is 0 Å². The van der Waals surface area contributed by atoms with Crippen molar-refractivity contribution in [1.82, 2.24) is 10.2 Å². The van der Waals surface area contributed by atoms with E-state index >= 15 is 0 Å². The molecule has 1 aliphatic heterocycles. The fourth-order valence-electron chi connectivity index (χ4n) is 6.47. The van der Waals surface area contributed by atoms with Crippen molar-refractivity contribution in [2.75, 3.05) is 10.8 Å². The number of carbonyl (C=O) groups excluding carboxylic acids is 2. The fourth-order valence-corrected chi connectivity index (χ4v) is 8.43. The first-order chi connectivity index (χ1) is 21.3. The van der Waals surface area contributed by atoms with Crippen LogP contribution in [0.2, 0.25) is 5.02 Å². The molecule has 1 heterocycles. The molecule has 6 rings (SSSR count). The van der Waals surface area contributed by atoms with Crippen LogP contribution in [-0.4, -0.2) is 43.8 Å². The molecule has 2 amide bonds. The molecule has 4 aromatic rings. The Bertz CT molecular complexity index is 1770. The van der Waals surface area contributed by atoms with Gasteiger partial charge in [0.15, 0.2) is 0 Å². The van der Waals surface area contributed by atoms with Crippen LogP contribution in [0.3, 0.4) is 0 Å². The molecule has 1 saturated carbocycles. The number of nitrogens with zero attached hydrogens (tertiary/aromatic N) is 2. The van der Waals surface area contributed by atoms with Crippen LogP contribution in [0.1, 0.15) is 49.7 Å². The Morgan fingerprint density at radius 3 is 2.36 bits per heavy atom. The Kier molecular flexibility index (Phi) is 8.91. The summed E-state index contributed by atoms with van der Waals surface area (Å²) >= 11 is 6.30. The summed E-state index contributed by atoms with van der Waals surface area (Å²) in [4.78, 5) is 29.9. The normalized spacial score (nSPS) is 16.2. The van der Waals surface area contributed by atoms with E-state index in [1.165, 1.54) is 4.31 Å². The van der Waals surface area contributed by atoms with Gasteiger partial charge in [-0.3, -0.25) is 13.9 Å². The molecule has 0 bridgehead atoms. The molecule has 228 valence electrons. The first-order valence-corrected chi connectivity index (χ1v) is 17.1. The molecule has 1 N–H and O–H groups in total. The number of carbonyl (C=O) groups is 2. The molecule has 9 heteroatoms. The monoisotopic (exact) mass is 629 g/mol. The summed E-state index contributed by atoms with van der Waals surface area (Å²) in [6.45, 7) is 0.367. The summed E-state index contributed by atoms with van der Waals surface area (Å²) in [5.74, 6) is -0.375. The minimum atomic E-state index is -3.72. The highest BCUT2D eigenvalue weighted by molar-refractivity contribution is 7.93. The summed E-state index contributed by atoms with van der Waals surface area (Å²) in [6.07, 6.45) is 4.78. The van der Waals surface area contributed by atoms with E-state index in [4.69, 9.17) is 11.6 Å². The molecule has 0 radical (unpaired) electrons. The maximum Gasteiger partial charge on any atom is 0.265 e. The van der Waals surface area contributed by atoms with Crippen molar-refractivity contribution in [2.45, 2.75) is 68.5 Å². The highest BCUT2D eigenvalue weighted by atomic mass is 35.5. The molecule has 1 unspecified atom stereocenters. The first kappa shape index (κ1) is 30.2. The molecule has 1 aliphatic carbocycles. The molecule has 1 atom stereocenters. The number of sulfonamides is 1. The predicted octanol–water partition coefficient (Wildman–Crippen LogP) is 6.48. The van der Waals surface area contributed by atoms with Gasteiger partial charge in [0.1, 0.15) is 6.04 Å². The summed E-state index contributed by atoms with van der Waals surface area (Å²) in [7, 11) is -3.72. The van der Waals surface area contributed by atoms with Crippen LogP contribution in [0, 0.1) is 0 Å². The third kappa shape index (κ3) is 6.33. The van der Waals surface area contributed by atoms with E-state index in [-0.39, 0.29) is 37.4 Å². The zero-order valence-corrected chi connectivity index (χ0v) is 26.1. The standard InChI is InChI=1S/C35H36ClN3O4S/c36-28-15-6-12-26(22-28)24-38(31(23-25-10-2-1-3-11-25)35(41)37-29-16-4-5-17-29)33(40)20-9-21-39-30-18-7-13-27-14-8-19-32(34(27)30)44(39,42)43/h1-3,6-8,10-15,18-19,22,29,31H,4-5,9,16-17,20-21,23-24H2,(H,37,41).